The van der Waals surface area contributed by atoms with Crippen molar-refractivity contribution in [1.29, 1.82) is 0 Å². The van der Waals surface area contributed by atoms with Crippen molar-refractivity contribution in [1.82, 2.24) is 10.4 Å². The van der Waals surface area contributed by atoms with Gasteiger partial charge in [-0.1, -0.05) is 43.3 Å². The number of anilines is 1. The third-order valence-corrected chi connectivity index (χ3v) is 5.72. The van der Waals surface area contributed by atoms with E-state index in [-0.39, 0.29) is 0 Å². The number of hydrazine groups is 1. The Kier molecular flexibility index (Phi) is 3.87. The van der Waals surface area contributed by atoms with E-state index >= 15 is 0 Å². The Hall–Kier alpha value is -2.85. The van der Waals surface area contributed by atoms with E-state index in [2.05, 4.69) is 60.0 Å². The lowest BCUT2D eigenvalue weighted by Crippen LogP contribution is -2.31. The summed E-state index contributed by atoms with van der Waals surface area (Å²) in [5, 5.41) is 2.16. The van der Waals surface area contributed by atoms with E-state index < -0.39 is 0 Å². The first kappa shape index (κ1) is 16.3. The zero-order chi connectivity index (χ0) is 18.4. The van der Waals surface area contributed by atoms with Crippen LogP contribution in [0.5, 0.6) is 5.75 Å². The summed E-state index contributed by atoms with van der Waals surface area (Å²) >= 11 is 0. The standard InChI is InChI=1S/C23H23N3O/c1-15-11-17-12-24-23-21(22(17)20-6-4-3-5-19(15)20)13-25-26(23)14-16-7-9-18(27-2)10-8-16/h3-10,12,15,25H,11,13-14H2,1-2H3. The van der Waals surface area contributed by atoms with Crippen LogP contribution in [0.4, 0.5) is 5.82 Å². The number of nitrogens with one attached hydrogen (secondary N) is 1. The van der Waals surface area contributed by atoms with Gasteiger partial charge in [0.2, 0.25) is 0 Å². The molecule has 0 spiro atoms. The molecule has 2 aliphatic rings. The predicted octanol–water partition coefficient (Wildman–Crippen LogP) is 4.44. The second-order valence-electron chi connectivity index (χ2n) is 7.42. The van der Waals surface area contributed by atoms with Gasteiger partial charge < -0.3 is 4.74 Å². The van der Waals surface area contributed by atoms with E-state index in [4.69, 9.17) is 9.72 Å². The number of hydrogen-bond acceptors (Lipinski definition) is 4. The molecule has 1 aromatic heterocycles. The number of benzene rings is 2. The lowest BCUT2D eigenvalue weighted by molar-refractivity contribution is 0.414. The van der Waals surface area contributed by atoms with Crippen LogP contribution < -0.4 is 15.2 Å². The van der Waals surface area contributed by atoms with Gasteiger partial charge >= 0.3 is 0 Å². The highest BCUT2D eigenvalue weighted by atomic mass is 16.5. The van der Waals surface area contributed by atoms with Crippen molar-refractivity contribution < 1.29 is 4.74 Å². The maximum Gasteiger partial charge on any atom is 0.148 e. The van der Waals surface area contributed by atoms with Crippen LogP contribution in [0.3, 0.4) is 0 Å². The van der Waals surface area contributed by atoms with Gasteiger partial charge in [-0.15, -0.1) is 0 Å². The van der Waals surface area contributed by atoms with Crippen LogP contribution in [0, 0.1) is 0 Å². The van der Waals surface area contributed by atoms with Gasteiger partial charge in [0.25, 0.3) is 0 Å². The first-order valence-electron chi connectivity index (χ1n) is 9.48. The minimum absolute atomic E-state index is 0.540. The molecule has 0 fully saturated rings. The van der Waals surface area contributed by atoms with Gasteiger partial charge in [-0.25, -0.2) is 10.4 Å². The SMILES string of the molecule is COc1ccc(CN2NCc3c2ncc2c3-c3ccccc3C(C)C2)cc1. The van der Waals surface area contributed by atoms with Gasteiger partial charge in [0.1, 0.15) is 11.6 Å². The predicted molar refractivity (Wildman–Crippen MR) is 108 cm³/mol. The van der Waals surface area contributed by atoms with Gasteiger partial charge in [0.15, 0.2) is 0 Å². The molecule has 5 rings (SSSR count). The smallest absolute Gasteiger partial charge is 0.148 e. The molecule has 1 N–H and O–H groups in total. The van der Waals surface area contributed by atoms with E-state index in [0.717, 1.165) is 31.1 Å². The highest BCUT2D eigenvalue weighted by Gasteiger charge is 2.30. The molecule has 2 aromatic carbocycles. The summed E-state index contributed by atoms with van der Waals surface area (Å²) in [5.74, 6) is 2.47. The molecule has 0 amide bonds. The van der Waals surface area contributed by atoms with Crippen molar-refractivity contribution in [2.75, 3.05) is 12.1 Å². The zero-order valence-corrected chi connectivity index (χ0v) is 15.7. The van der Waals surface area contributed by atoms with Crippen molar-refractivity contribution in [3.05, 3.63) is 77.0 Å². The van der Waals surface area contributed by atoms with E-state index in [9.17, 15) is 0 Å². The Morgan fingerprint density at radius 1 is 1.15 bits per heavy atom. The summed E-state index contributed by atoms with van der Waals surface area (Å²) in [7, 11) is 1.69. The van der Waals surface area contributed by atoms with Crippen molar-refractivity contribution >= 4 is 5.82 Å². The Balaban J connectivity index is 1.52. The molecule has 0 saturated heterocycles. The molecule has 27 heavy (non-hydrogen) atoms. The van der Waals surface area contributed by atoms with Crippen LogP contribution in [0.2, 0.25) is 0 Å². The molecule has 3 aromatic rings. The highest BCUT2D eigenvalue weighted by molar-refractivity contribution is 5.81. The quantitative estimate of drug-likeness (QED) is 0.752. The molecule has 1 atom stereocenters. The first-order valence-corrected chi connectivity index (χ1v) is 9.48. The van der Waals surface area contributed by atoms with E-state index in [0.29, 0.717) is 5.92 Å². The fraction of sp³-hybridized carbons (Fsp3) is 0.261. The van der Waals surface area contributed by atoms with E-state index in [1.54, 1.807) is 7.11 Å². The number of hydrogen-bond donors (Lipinski definition) is 1. The maximum atomic E-state index is 5.26. The summed E-state index contributed by atoms with van der Waals surface area (Å²) in [6.07, 6.45) is 3.14. The highest BCUT2D eigenvalue weighted by Crippen LogP contribution is 2.44. The van der Waals surface area contributed by atoms with Crippen molar-refractivity contribution in [2.24, 2.45) is 0 Å². The molecule has 1 aliphatic heterocycles. The molecule has 0 bridgehead atoms. The second-order valence-corrected chi connectivity index (χ2v) is 7.42. The second kappa shape index (κ2) is 6.39. The molecule has 0 saturated carbocycles. The molecule has 4 nitrogen and oxygen atoms in total. The first-order chi connectivity index (χ1) is 13.2. The number of fused-ring (bicyclic) bond motifs is 5. The molecular formula is C23H23N3O. The molecule has 0 radical (unpaired) electrons. The monoisotopic (exact) mass is 357 g/mol. The van der Waals surface area contributed by atoms with Crippen LogP contribution in [-0.2, 0) is 19.5 Å². The van der Waals surface area contributed by atoms with Crippen molar-refractivity contribution in [3.63, 3.8) is 0 Å². The minimum atomic E-state index is 0.540. The van der Waals surface area contributed by atoms with E-state index in [1.807, 2.05) is 12.1 Å². The molecule has 136 valence electrons. The van der Waals surface area contributed by atoms with Gasteiger partial charge in [-0.05, 0) is 52.3 Å². The number of pyridine rings is 1. The van der Waals surface area contributed by atoms with Gasteiger partial charge in [-0.3, -0.25) is 5.01 Å². The normalized spacial score (nSPS) is 17.3. The fourth-order valence-corrected chi connectivity index (χ4v) is 4.37. The van der Waals surface area contributed by atoms with Crippen LogP contribution in [0.15, 0.2) is 54.7 Å². The minimum Gasteiger partial charge on any atom is -0.497 e. The third-order valence-electron chi connectivity index (χ3n) is 5.72. The number of nitrogens with zero attached hydrogens (tertiary/aromatic N) is 2. The number of rotatable bonds is 3. The lowest BCUT2D eigenvalue weighted by Gasteiger charge is -2.27. The zero-order valence-electron chi connectivity index (χ0n) is 15.7. The molecule has 2 heterocycles. The summed E-state index contributed by atoms with van der Waals surface area (Å²) in [6, 6.07) is 17.0. The summed E-state index contributed by atoms with van der Waals surface area (Å²) < 4.78 is 5.26. The lowest BCUT2D eigenvalue weighted by atomic mass is 9.78. The summed E-state index contributed by atoms with van der Waals surface area (Å²) in [6.45, 7) is 3.91. The topological polar surface area (TPSA) is 37.4 Å². The average Bonchev–Trinajstić information content (AvgIpc) is 3.11. The number of ether oxygens (including phenoxy) is 1. The molecular weight excluding hydrogens is 334 g/mol. The number of aromatic nitrogens is 1. The van der Waals surface area contributed by atoms with Gasteiger partial charge in [-0.2, -0.15) is 0 Å². The Labute approximate surface area is 159 Å². The average molecular weight is 357 g/mol. The van der Waals surface area contributed by atoms with Gasteiger partial charge in [0, 0.05) is 18.3 Å². The molecule has 1 aliphatic carbocycles. The molecule has 1 unspecified atom stereocenters. The van der Waals surface area contributed by atoms with Gasteiger partial charge in [0.05, 0.1) is 13.7 Å². The van der Waals surface area contributed by atoms with Crippen LogP contribution in [0.1, 0.15) is 35.1 Å². The third kappa shape index (κ3) is 2.68. The van der Waals surface area contributed by atoms with Crippen molar-refractivity contribution in [2.45, 2.75) is 32.4 Å². The summed E-state index contributed by atoms with van der Waals surface area (Å²) in [4.78, 5) is 4.83. The van der Waals surface area contributed by atoms with Crippen LogP contribution in [-0.4, -0.2) is 12.1 Å². The maximum absolute atomic E-state index is 5.26. The van der Waals surface area contributed by atoms with Crippen molar-refractivity contribution in [3.8, 4) is 16.9 Å². The fourth-order valence-electron chi connectivity index (χ4n) is 4.37. The molecule has 4 heteroatoms. The summed E-state index contributed by atoms with van der Waals surface area (Å²) in [5.41, 5.74) is 11.7. The van der Waals surface area contributed by atoms with Crippen LogP contribution in [0.25, 0.3) is 11.1 Å². The number of methoxy groups -OCH3 is 1. The Morgan fingerprint density at radius 3 is 2.78 bits per heavy atom. The van der Waals surface area contributed by atoms with Crippen LogP contribution >= 0.6 is 0 Å². The Morgan fingerprint density at radius 2 is 1.96 bits per heavy atom. The van der Waals surface area contributed by atoms with E-state index in [1.165, 1.54) is 33.4 Å². The Bertz CT molecular complexity index is 997. The largest absolute Gasteiger partial charge is 0.497 e.